The van der Waals surface area contributed by atoms with Gasteiger partial charge in [0.1, 0.15) is 5.82 Å². The number of benzene rings is 1. The number of hydrogen-bond acceptors (Lipinski definition) is 1. The predicted molar refractivity (Wildman–Crippen MR) is 90.3 cm³/mol. The van der Waals surface area contributed by atoms with Crippen molar-refractivity contribution in [1.29, 1.82) is 0 Å². The summed E-state index contributed by atoms with van der Waals surface area (Å²) in [5.74, 6) is 0.207. The Morgan fingerprint density at radius 1 is 1.05 bits per heavy atom. The number of nitrogens with one attached hydrogen (secondary N) is 1. The monoisotopic (exact) mass is 293 g/mol. The molecule has 0 radical (unpaired) electrons. The highest BCUT2D eigenvalue weighted by atomic mass is 19.1. The van der Waals surface area contributed by atoms with Gasteiger partial charge in [-0.15, -0.1) is 0 Å². The molecule has 1 nitrogen and oxygen atoms in total. The fraction of sp³-hybridized carbons (Fsp3) is 0.684. The Labute approximate surface area is 130 Å². The molecule has 0 aromatic heterocycles. The molecule has 0 spiro atoms. The molecule has 1 N–H and O–H groups in total. The van der Waals surface area contributed by atoms with E-state index in [1.165, 1.54) is 32.1 Å². The normalized spacial score (nSPS) is 13.4. The highest BCUT2D eigenvalue weighted by Gasteiger charge is 2.18. The van der Waals surface area contributed by atoms with Gasteiger partial charge in [0.15, 0.2) is 0 Å². The van der Waals surface area contributed by atoms with Crippen LogP contribution in [0.4, 0.5) is 4.39 Å². The summed E-state index contributed by atoms with van der Waals surface area (Å²) in [6.45, 7) is 9.56. The third-order valence-electron chi connectivity index (χ3n) is 3.88. The molecular weight excluding hydrogens is 261 g/mol. The average Bonchev–Trinajstić information content (AvgIpc) is 2.42. The Morgan fingerprint density at radius 2 is 1.71 bits per heavy atom. The van der Waals surface area contributed by atoms with Crippen LogP contribution in [0.2, 0.25) is 0 Å². The molecule has 120 valence electrons. The van der Waals surface area contributed by atoms with Crippen molar-refractivity contribution in [2.75, 3.05) is 6.54 Å². The van der Waals surface area contributed by atoms with Crippen LogP contribution in [0.25, 0.3) is 0 Å². The summed E-state index contributed by atoms with van der Waals surface area (Å²) in [4.78, 5) is 0. The van der Waals surface area contributed by atoms with Crippen LogP contribution in [0.5, 0.6) is 0 Å². The van der Waals surface area contributed by atoms with Crippen molar-refractivity contribution < 1.29 is 4.39 Å². The summed E-state index contributed by atoms with van der Waals surface area (Å²) >= 11 is 0. The zero-order valence-corrected chi connectivity index (χ0v) is 14.2. The number of halogens is 1. The van der Waals surface area contributed by atoms with Crippen molar-refractivity contribution in [2.24, 2.45) is 0 Å². The minimum Gasteiger partial charge on any atom is -0.311 e. The van der Waals surface area contributed by atoms with Crippen molar-refractivity contribution in [1.82, 2.24) is 5.32 Å². The molecule has 0 aliphatic heterocycles. The second-order valence-corrected chi connectivity index (χ2v) is 7.05. The lowest BCUT2D eigenvalue weighted by Crippen LogP contribution is -2.38. The van der Waals surface area contributed by atoms with Crippen LogP contribution in [0.3, 0.4) is 0 Å². The van der Waals surface area contributed by atoms with Crippen molar-refractivity contribution in [2.45, 2.75) is 77.7 Å². The SMILES string of the molecule is CCCCCCCC(CNC(C)(C)C)c1ccccc1F. The van der Waals surface area contributed by atoms with Crippen molar-refractivity contribution in [3.63, 3.8) is 0 Å². The van der Waals surface area contributed by atoms with Gasteiger partial charge in [-0.2, -0.15) is 0 Å². The first-order chi connectivity index (χ1) is 9.94. The molecule has 1 atom stereocenters. The van der Waals surface area contributed by atoms with Gasteiger partial charge < -0.3 is 5.32 Å². The molecule has 0 saturated carbocycles. The quantitative estimate of drug-likeness (QED) is 0.579. The van der Waals surface area contributed by atoms with E-state index in [0.29, 0.717) is 0 Å². The second-order valence-electron chi connectivity index (χ2n) is 7.05. The van der Waals surface area contributed by atoms with Crippen LogP contribution < -0.4 is 5.32 Å². The van der Waals surface area contributed by atoms with Gasteiger partial charge in [-0.1, -0.05) is 57.2 Å². The maximum Gasteiger partial charge on any atom is 0.126 e. The highest BCUT2D eigenvalue weighted by molar-refractivity contribution is 5.22. The fourth-order valence-corrected chi connectivity index (χ4v) is 2.60. The molecule has 0 heterocycles. The molecule has 0 fully saturated rings. The van der Waals surface area contributed by atoms with Crippen LogP contribution in [-0.4, -0.2) is 12.1 Å². The van der Waals surface area contributed by atoms with Gasteiger partial charge >= 0.3 is 0 Å². The number of unbranched alkanes of at least 4 members (excludes halogenated alkanes) is 4. The predicted octanol–water partition coefficient (Wildman–Crippen LogP) is 5.66. The van der Waals surface area contributed by atoms with E-state index < -0.39 is 0 Å². The lowest BCUT2D eigenvalue weighted by molar-refractivity contribution is 0.389. The largest absolute Gasteiger partial charge is 0.311 e. The second kappa shape index (κ2) is 9.19. The van der Waals surface area contributed by atoms with Gasteiger partial charge in [-0.05, 0) is 44.7 Å². The maximum absolute atomic E-state index is 14.1. The van der Waals surface area contributed by atoms with E-state index >= 15 is 0 Å². The maximum atomic E-state index is 14.1. The Hall–Kier alpha value is -0.890. The van der Waals surface area contributed by atoms with Crippen molar-refractivity contribution in [3.8, 4) is 0 Å². The molecular formula is C19H32FN. The zero-order chi connectivity index (χ0) is 15.7. The van der Waals surface area contributed by atoms with E-state index in [1.807, 2.05) is 12.1 Å². The zero-order valence-electron chi connectivity index (χ0n) is 14.2. The summed E-state index contributed by atoms with van der Waals surface area (Å²) in [5, 5.41) is 3.53. The number of rotatable bonds is 9. The average molecular weight is 293 g/mol. The molecule has 0 saturated heterocycles. The first-order valence-electron chi connectivity index (χ1n) is 8.43. The van der Waals surface area contributed by atoms with Crippen LogP contribution in [0.1, 0.15) is 77.7 Å². The van der Waals surface area contributed by atoms with E-state index in [0.717, 1.165) is 18.5 Å². The Morgan fingerprint density at radius 3 is 2.33 bits per heavy atom. The van der Waals surface area contributed by atoms with E-state index in [4.69, 9.17) is 0 Å². The molecule has 1 aromatic rings. The van der Waals surface area contributed by atoms with Gasteiger partial charge in [0, 0.05) is 12.1 Å². The topological polar surface area (TPSA) is 12.0 Å². The number of hydrogen-bond donors (Lipinski definition) is 1. The molecule has 0 bridgehead atoms. The molecule has 0 aliphatic rings. The fourth-order valence-electron chi connectivity index (χ4n) is 2.60. The summed E-state index contributed by atoms with van der Waals surface area (Å²) in [6.07, 6.45) is 7.38. The highest BCUT2D eigenvalue weighted by Crippen LogP contribution is 2.25. The third kappa shape index (κ3) is 7.61. The first-order valence-corrected chi connectivity index (χ1v) is 8.43. The van der Waals surface area contributed by atoms with Crippen molar-refractivity contribution >= 4 is 0 Å². The summed E-state index contributed by atoms with van der Waals surface area (Å²) < 4.78 is 14.1. The van der Waals surface area contributed by atoms with Crippen LogP contribution in [0.15, 0.2) is 24.3 Å². The minimum atomic E-state index is -0.0632. The van der Waals surface area contributed by atoms with E-state index in [-0.39, 0.29) is 17.3 Å². The molecule has 1 aromatic carbocycles. The standard InChI is InChI=1S/C19H32FN/c1-5-6-7-8-9-12-16(15-21-19(2,3)4)17-13-10-11-14-18(17)20/h10-11,13-14,16,21H,5-9,12,15H2,1-4H3. The lowest BCUT2D eigenvalue weighted by Gasteiger charge is -2.26. The Kier molecular flexibility index (Phi) is 7.95. The van der Waals surface area contributed by atoms with Gasteiger partial charge in [-0.25, -0.2) is 4.39 Å². The molecule has 1 unspecified atom stereocenters. The van der Waals surface area contributed by atoms with E-state index in [1.54, 1.807) is 12.1 Å². The van der Waals surface area contributed by atoms with E-state index in [9.17, 15) is 4.39 Å². The Balaban J connectivity index is 2.60. The van der Waals surface area contributed by atoms with Crippen LogP contribution in [0, 0.1) is 5.82 Å². The van der Waals surface area contributed by atoms with Crippen LogP contribution >= 0.6 is 0 Å². The molecule has 0 aliphatic carbocycles. The third-order valence-corrected chi connectivity index (χ3v) is 3.88. The van der Waals surface area contributed by atoms with Gasteiger partial charge in [0.25, 0.3) is 0 Å². The van der Waals surface area contributed by atoms with Crippen LogP contribution in [-0.2, 0) is 0 Å². The van der Waals surface area contributed by atoms with Gasteiger partial charge in [0.05, 0.1) is 0 Å². The van der Waals surface area contributed by atoms with Gasteiger partial charge in [0.2, 0.25) is 0 Å². The summed E-state index contributed by atoms with van der Waals surface area (Å²) in [6, 6.07) is 7.24. The van der Waals surface area contributed by atoms with Gasteiger partial charge in [-0.3, -0.25) is 0 Å². The smallest absolute Gasteiger partial charge is 0.126 e. The first kappa shape index (κ1) is 18.2. The Bertz CT molecular complexity index is 395. The van der Waals surface area contributed by atoms with E-state index in [2.05, 4.69) is 33.0 Å². The molecule has 21 heavy (non-hydrogen) atoms. The summed E-state index contributed by atoms with van der Waals surface area (Å²) in [5.41, 5.74) is 0.941. The molecule has 1 rings (SSSR count). The lowest BCUT2D eigenvalue weighted by atomic mass is 9.91. The molecule has 0 amide bonds. The molecule has 2 heteroatoms. The van der Waals surface area contributed by atoms with Crippen molar-refractivity contribution in [3.05, 3.63) is 35.6 Å². The minimum absolute atomic E-state index is 0.0632. The summed E-state index contributed by atoms with van der Waals surface area (Å²) in [7, 11) is 0.